The van der Waals surface area contributed by atoms with Crippen LogP contribution in [0.1, 0.15) is 56.4 Å². The molecule has 0 aliphatic carbocycles. The first-order chi connectivity index (χ1) is 10.2. The van der Waals surface area contributed by atoms with Gasteiger partial charge in [0.25, 0.3) is 0 Å². The minimum Gasteiger partial charge on any atom is -0.0683 e. The summed E-state index contributed by atoms with van der Waals surface area (Å²) in [5.41, 5.74) is 5.57. The van der Waals surface area contributed by atoms with Crippen LogP contribution in [0.25, 0.3) is 0 Å². The Morgan fingerprint density at radius 3 is 1.10 bits per heavy atom. The van der Waals surface area contributed by atoms with Crippen LogP contribution in [0.4, 0.5) is 0 Å². The number of hydrogen-bond acceptors (Lipinski definition) is 0. The van der Waals surface area contributed by atoms with Crippen LogP contribution in [0.2, 0.25) is 0 Å². The van der Waals surface area contributed by atoms with E-state index in [4.69, 9.17) is 0 Å². The highest BCUT2D eigenvalue weighted by atomic mass is 14.0. The lowest BCUT2D eigenvalue weighted by molar-refractivity contribution is 0.820. The van der Waals surface area contributed by atoms with E-state index >= 15 is 0 Å². The molecule has 0 fully saturated rings. The molecule has 0 aromatic heterocycles. The molecule has 0 unspecified atom stereocenters. The first kappa shape index (κ1) is 19.4. The fourth-order valence-corrected chi connectivity index (χ4v) is 2.01. The molecule has 0 aliphatic heterocycles. The van der Waals surface area contributed by atoms with Gasteiger partial charge in [-0.25, -0.2) is 0 Å². The molecule has 0 saturated carbocycles. The molecule has 0 saturated heterocycles. The lowest BCUT2D eigenvalue weighted by atomic mass is 10.0. The summed E-state index contributed by atoms with van der Waals surface area (Å²) in [4.78, 5) is 0. The highest BCUT2D eigenvalue weighted by Gasteiger charge is 1.95. The van der Waals surface area contributed by atoms with Crippen molar-refractivity contribution in [2.45, 2.75) is 60.8 Å². The predicted molar refractivity (Wildman–Crippen MR) is 97.1 cm³/mol. The van der Waals surface area contributed by atoms with Gasteiger partial charge in [-0.1, -0.05) is 87.4 Å². The molecule has 0 radical (unpaired) electrons. The van der Waals surface area contributed by atoms with Crippen molar-refractivity contribution in [2.24, 2.45) is 0 Å². The SMILES string of the molecule is CC.CC.Cc1ccc(CCCc2ccc(C)cc2)cc1. The molecule has 2 rings (SSSR count). The fraction of sp³-hybridized carbons (Fsp3) is 0.429. The van der Waals surface area contributed by atoms with Gasteiger partial charge in [-0.05, 0) is 44.2 Å². The predicted octanol–water partition coefficient (Wildman–Crippen LogP) is 6.53. The molecular weight excluding hydrogens is 252 g/mol. The van der Waals surface area contributed by atoms with Crippen LogP contribution < -0.4 is 0 Å². The first-order valence-electron chi connectivity index (χ1n) is 8.35. The summed E-state index contributed by atoms with van der Waals surface area (Å²) in [6, 6.07) is 17.7. The van der Waals surface area contributed by atoms with E-state index in [0.717, 1.165) is 0 Å². The smallest absolute Gasteiger partial charge is 0.0276 e. The van der Waals surface area contributed by atoms with Gasteiger partial charge in [0.05, 0.1) is 0 Å². The van der Waals surface area contributed by atoms with Crippen LogP contribution in [0.5, 0.6) is 0 Å². The van der Waals surface area contributed by atoms with E-state index in [1.807, 2.05) is 27.7 Å². The van der Waals surface area contributed by atoms with E-state index in [1.54, 1.807) is 0 Å². The van der Waals surface area contributed by atoms with Gasteiger partial charge in [0.15, 0.2) is 0 Å². The zero-order valence-electron chi connectivity index (χ0n) is 14.7. The number of rotatable bonds is 4. The number of benzene rings is 2. The van der Waals surface area contributed by atoms with Crippen molar-refractivity contribution in [1.29, 1.82) is 0 Å². The Labute approximate surface area is 132 Å². The van der Waals surface area contributed by atoms with E-state index < -0.39 is 0 Å². The summed E-state index contributed by atoms with van der Waals surface area (Å²) in [6.45, 7) is 12.3. The summed E-state index contributed by atoms with van der Waals surface area (Å²) in [5, 5.41) is 0. The summed E-state index contributed by atoms with van der Waals surface area (Å²) in [5.74, 6) is 0. The molecular formula is C21H32. The Bertz CT molecular complexity index is 403. The average Bonchev–Trinajstić information content (AvgIpc) is 2.55. The molecule has 0 nitrogen and oxygen atoms in total. The number of hydrogen-bond donors (Lipinski definition) is 0. The number of aryl methyl sites for hydroxylation is 4. The van der Waals surface area contributed by atoms with E-state index in [0.29, 0.717) is 0 Å². The standard InChI is InChI=1S/C17H20.2C2H6/c1-14-6-10-16(11-7-14)4-3-5-17-12-8-15(2)9-13-17;2*1-2/h6-13H,3-5H2,1-2H3;2*1-2H3. The Morgan fingerprint density at radius 2 is 0.810 bits per heavy atom. The van der Waals surface area contributed by atoms with Crippen molar-refractivity contribution in [3.63, 3.8) is 0 Å². The van der Waals surface area contributed by atoms with Gasteiger partial charge in [0, 0.05) is 0 Å². The van der Waals surface area contributed by atoms with Crippen LogP contribution in [-0.4, -0.2) is 0 Å². The molecule has 116 valence electrons. The third kappa shape index (κ3) is 8.34. The van der Waals surface area contributed by atoms with Gasteiger partial charge < -0.3 is 0 Å². The molecule has 0 heteroatoms. The Balaban J connectivity index is 0.000000921. The van der Waals surface area contributed by atoms with Crippen molar-refractivity contribution in [3.05, 3.63) is 70.8 Å². The van der Waals surface area contributed by atoms with Crippen LogP contribution in [0.3, 0.4) is 0 Å². The largest absolute Gasteiger partial charge is 0.0683 e. The Kier molecular flexibility index (Phi) is 11.3. The second kappa shape index (κ2) is 12.2. The highest BCUT2D eigenvalue weighted by molar-refractivity contribution is 5.23. The zero-order chi connectivity index (χ0) is 16.1. The molecule has 21 heavy (non-hydrogen) atoms. The zero-order valence-corrected chi connectivity index (χ0v) is 14.7. The van der Waals surface area contributed by atoms with E-state index in [2.05, 4.69) is 62.4 Å². The molecule has 2 aromatic carbocycles. The maximum atomic E-state index is 2.24. The molecule has 0 amide bonds. The van der Waals surface area contributed by atoms with Gasteiger partial charge in [0.2, 0.25) is 0 Å². The van der Waals surface area contributed by atoms with E-state index in [-0.39, 0.29) is 0 Å². The third-order valence-electron chi connectivity index (χ3n) is 3.17. The average molecular weight is 284 g/mol. The fourth-order valence-electron chi connectivity index (χ4n) is 2.01. The maximum Gasteiger partial charge on any atom is -0.0276 e. The minimum atomic E-state index is 1.17. The summed E-state index contributed by atoms with van der Waals surface area (Å²) < 4.78 is 0. The van der Waals surface area contributed by atoms with Crippen LogP contribution in [0.15, 0.2) is 48.5 Å². The van der Waals surface area contributed by atoms with E-state index in [1.165, 1.54) is 41.5 Å². The molecule has 0 aliphatic rings. The van der Waals surface area contributed by atoms with E-state index in [9.17, 15) is 0 Å². The van der Waals surface area contributed by atoms with Crippen molar-refractivity contribution in [2.75, 3.05) is 0 Å². The lowest BCUT2D eigenvalue weighted by Gasteiger charge is -2.03. The summed E-state index contributed by atoms with van der Waals surface area (Å²) in [7, 11) is 0. The topological polar surface area (TPSA) is 0 Å². The molecule has 2 aromatic rings. The lowest BCUT2D eigenvalue weighted by Crippen LogP contribution is -1.90. The van der Waals surface area contributed by atoms with Crippen LogP contribution in [0, 0.1) is 13.8 Å². The summed E-state index contributed by atoms with van der Waals surface area (Å²) >= 11 is 0. The van der Waals surface area contributed by atoms with Crippen LogP contribution >= 0.6 is 0 Å². The molecule has 0 atom stereocenters. The maximum absolute atomic E-state index is 2.24. The Morgan fingerprint density at radius 1 is 0.524 bits per heavy atom. The van der Waals surface area contributed by atoms with Gasteiger partial charge in [-0.15, -0.1) is 0 Å². The molecule has 0 spiro atoms. The van der Waals surface area contributed by atoms with Gasteiger partial charge in [0.1, 0.15) is 0 Å². The normalized spacial score (nSPS) is 9.05. The molecule has 0 heterocycles. The second-order valence-corrected chi connectivity index (χ2v) is 4.82. The van der Waals surface area contributed by atoms with Crippen molar-refractivity contribution in [3.8, 4) is 0 Å². The highest BCUT2D eigenvalue weighted by Crippen LogP contribution is 2.10. The first-order valence-corrected chi connectivity index (χ1v) is 8.35. The van der Waals surface area contributed by atoms with Crippen molar-refractivity contribution < 1.29 is 0 Å². The Hall–Kier alpha value is -1.56. The van der Waals surface area contributed by atoms with Crippen LogP contribution in [-0.2, 0) is 12.8 Å². The molecule has 0 bridgehead atoms. The second-order valence-electron chi connectivity index (χ2n) is 4.82. The van der Waals surface area contributed by atoms with Gasteiger partial charge in [-0.2, -0.15) is 0 Å². The quantitative estimate of drug-likeness (QED) is 0.598. The van der Waals surface area contributed by atoms with Crippen molar-refractivity contribution in [1.82, 2.24) is 0 Å². The van der Waals surface area contributed by atoms with Gasteiger partial charge in [-0.3, -0.25) is 0 Å². The third-order valence-corrected chi connectivity index (χ3v) is 3.17. The van der Waals surface area contributed by atoms with Gasteiger partial charge >= 0.3 is 0 Å². The monoisotopic (exact) mass is 284 g/mol. The van der Waals surface area contributed by atoms with Crippen molar-refractivity contribution >= 4 is 0 Å². The molecule has 0 N–H and O–H groups in total. The summed E-state index contributed by atoms with van der Waals surface area (Å²) in [6.07, 6.45) is 3.58. The minimum absolute atomic E-state index is 1.17.